The van der Waals surface area contributed by atoms with E-state index in [2.05, 4.69) is 14.9 Å². The van der Waals surface area contributed by atoms with Crippen LogP contribution in [0.4, 0.5) is 0 Å². The van der Waals surface area contributed by atoms with Crippen LogP contribution in [0.15, 0.2) is 20.9 Å². The highest BCUT2D eigenvalue weighted by atomic mass is 32.2. The van der Waals surface area contributed by atoms with Gasteiger partial charge in [-0.1, -0.05) is 5.16 Å². The Morgan fingerprint density at radius 1 is 1.43 bits per heavy atom. The predicted molar refractivity (Wildman–Crippen MR) is 73.7 cm³/mol. The van der Waals surface area contributed by atoms with Crippen molar-refractivity contribution < 1.29 is 22.8 Å². The first-order valence-electron chi connectivity index (χ1n) is 5.80. The molecule has 10 heteroatoms. The Kier molecular flexibility index (Phi) is 3.87. The molecule has 2 heterocycles. The van der Waals surface area contributed by atoms with Gasteiger partial charge in [0.1, 0.15) is 14.6 Å². The van der Waals surface area contributed by atoms with Crippen molar-refractivity contribution in [1.82, 2.24) is 14.9 Å². The lowest BCUT2D eigenvalue weighted by Crippen LogP contribution is -2.40. The zero-order valence-corrected chi connectivity index (χ0v) is 13.1. The fraction of sp³-hybridized carbons (Fsp3) is 0.364. The van der Waals surface area contributed by atoms with Crippen LogP contribution in [0.2, 0.25) is 0 Å². The number of carbonyl (C=O) groups is 1. The standard InChI is InChI=1S/C11H13N3O5S2/c1-6-12-10(19-13-6)11(2,3)14-21(17,18)8-5-4-7(20-8)9(15)16/h4-5,14H,1-3H3,(H,15,16). The molecule has 0 saturated carbocycles. The van der Waals surface area contributed by atoms with Crippen LogP contribution in [0.25, 0.3) is 0 Å². The van der Waals surface area contributed by atoms with Crippen molar-refractivity contribution in [3.05, 3.63) is 28.7 Å². The quantitative estimate of drug-likeness (QED) is 0.847. The Balaban J connectivity index is 2.29. The van der Waals surface area contributed by atoms with E-state index in [1.807, 2.05) is 0 Å². The molecular weight excluding hydrogens is 318 g/mol. The van der Waals surface area contributed by atoms with E-state index in [1.54, 1.807) is 20.8 Å². The number of rotatable bonds is 5. The third kappa shape index (κ3) is 3.28. The lowest BCUT2D eigenvalue weighted by Gasteiger charge is -2.20. The van der Waals surface area contributed by atoms with Crippen LogP contribution in [0.1, 0.15) is 35.2 Å². The zero-order chi connectivity index (χ0) is 15.8. The van der Waals surface area contributed by atoms with Crippen LogP contribution in [0, 0.1) is 6.92 Å². The summed E-state index contributed by atoms with van der Waals surface area (Å²) in [5, 5.41) is 12.5. The van der Waals surface area contributed by atoms with Crippen LogP contribution in [0.5, 0.6) is 0 Å². The molecule has 2 N–H and O–H groups in total. The highest BCUT2D eigenvalue weighted by Crippen LogP contribution is 2.26. The Labute approximate surface area is 124 Å². The van der Waals surface area contributed by atoms with Gasteiger partial charge in [0.25, 0.3) is 10.0 Å². The number of aryl methyl sites for hydroxylation is 1. The highest BCUT2D eigenvalue weighted by molar-refractivity contribution is 7.91. The average Bonchev–Trinajstić information content (AvgIpc) is 2.95. The topological polar surface area (TPSA) is 122 Å². The maximum absolute atomic E-state index is 12.3. The minimum absolute atomic E-state index is 0.0539. The van der Waals surface area contributed by atoms with Crippen molar-refractivity contribution >= 4 is 27.3 Å². The summed E-state index contributed by atoms with van der Waals surface area (Å²) in [6.45, 7) is 4.77. The van der Waals surface area contributed by atoms with Gasteiger partial charge in [0.2, 0.25) is 5.89 Å². The summed E-state index contributed by atoms with van der Waals surface area (Å²) in [4.78, 5) is 14.8. The predicted octanol–water partition coefficient (Wildman–Crippen LogP) is 1.35. The molecule has 0 atom stereocenters. The van der Waals surface area contributed by atoms with Crippen LogP contribution in [0.3, 0.4) is 0 Å². The number of carboxylic acids is 1. The van der Waals surface area contributed by atoms with Crippen LogP contribution in [-0.2, 0) is 15.6 Å². The number of aromatic carboxylic acids is 1. The van der Waals surface area contributed by atoms with Gasteiger partial charge >= 0.3 is 5.97 Å². The van der Waals surface area contributed by atoms with Gasteiger partial charge in [-0.3, -0.25) is 0 Å². The van der Waals surface area contributed by atoms with Crippen molar-refractivity contribution in [1.29, 1.82) is 0 Å². The van der Waals surface area contributed by atoms with Gasteiger partial charge in [-0.25, -0.2) is 13.2 Å². The second-order valence-corrected chi connectivity index (χ2v) is 7.79. The van der Waals surface area contributed by atoms with E-state index >= 15 is 0 Å². The molecule has 0 aliphatic carbocycles. The van der Waals surface area contributed by atoms with E-state index in [4.69, 9.17) is 9.63 Å². The summed E-state index contributed by atoms with van der Waals surface area (Å²) >= 11 is 0.672. The molecule has 0 bridgehead atoms. The highest BCUT2D eigenvalue weighted by Gasteiger charge is 2.33. The molecule has 0 unspecified atom stereocenters. The van der Waals surface area contributed by atoms with E-state index < -0.39 is 21.5 Å². The number of hydrogen-bond donors (Lipinski definition) is 2. The van der Waals surface area contributed by atoms with Gasteiger partial charge < -0.3 is 9.63 Å². The Bertz CT molecular complexity index is 775. The van der Waals surface area contributed by atoms with Crippen molar-refractivity contribution in [2.75, 3.05) is 0 Å². The number of aromatic nitrogens is 2. The Morgan fingerprint density at radius 3 is 2.57 bits per heavy atom. The molecule has 0 aliphatic rings. The van der Waals surface area contributed by atoms with Crippen molar-refractivity contribution in [2.24, 2.45) is 0 Å². The summed E-state index contributed by atoms with van der Waals surface area (Å²) in [6.07, 6.45) is 0. The minimum Gasteiger partial charge on any atom is -0.477 e. The average molecular weight is 331 g/mol. The molecule has 0 radical (unpaired) electrons. The maximum Gasteiger partial charge on any atom is 0.345 e. The Hall–Kier alpha value is -1.78. The lowest BCUT2D eigenvalue weighted by atomic mass is 10.1. The molecule has 0 spiro atoms. The number of hydrogen-bond acceptors (Lipinski definition) is 7. The van der Waals surface area contributed by atoms with Gasteiger partial charge in [0.05, 0.1) is 0 Å². The molecule has 0 fully saturated rings. The van der Waals surface area contributed by atoms with Crippen molar-refractivity contribution in [2.45, 2.75) is 30.5 Å². The van der Waals surface area contributed by atoms with Gasteiger partial charge in [-0.2, -0.15) is 9.71 Å². The minimum atomic E-state index is -3.89. The summed E-state index contributed by atoms with van der Waals surface area (Å²) in [5.41, 5.74) is -1.12. The third-order valence-electron chi connectivity index (χ3n) is 2.51. The molecule has 114 valence electrons. The summed E-state index contributed by atoms with van der Waals surface area (Å²) in [5.74, 6) is -0.659. The lowest BCUT2D eigenvalue weighted by molar-refractivity contribution is 0.0702. The van der Waals surface area contributed by atoms with Crippen LogP contribution < -0.4 is 4.72 Å². The monoisotopic (exact) mass is 331 g/mol. The number of thiophene rings is 1. The summed E-state index contributed by atoms with van der Waals surface area (Å²) < 4.78 is 31.9. The third-order valence-corrected chi connectivity index (χ3v) is 5.73. The molecule has 8 nitrogen and oxygen atoms in total. The SMILES string of the molecule is Cc1noc(C(C)(C)NS(=O)(=O)c2ccc(C(=O)O)s2)n1. The fourth-order valence-corrected chi connectivity index (χ4v) is 4.08. The summed E-state index contributed by atoms with van der Waals surface area (Å²) in [6, 6.07) is 2.48. The molecule has 0 saturated heterocycles. The van der Waals surface area contributed by atoms with Gasteiger partial charge in [-0.05, 0) is 32.9 Å². The van der Waals surface area contributed by atoms with Crippen molar-refractivity contribution in [3.63, 3.8) is 0 Å². The number of carboxylic acid groups (broad SMARTS) is 1. The van der Waals surface area contributed by atoms with Crippen LogP contribution >= 0.6 is 11.3 Å². The first-order chi connectivity index (χ1) is 9.62. The molecule has 2 aromatic heterocycles. The molecule has 2 aromatic rings. The van der Waals surface area contributed by atoms with E-state index in [0.29, 0.717) is 17.2 Å². The molecule has 21 heavy (non-hydrogen) atoms. The normalized spacial score (nSPS) is 12.5. The molecule has 0 amide bonds. The van der Waals surface area contributed by atoms with E-state index in [0.717, 1.165) is 0 Å². The van der Waals surface area contributed by atoms with Gasteiger partial charge in [0, 0.05) is 0 Å². The van der Waals surface area contributed by atoms with E-state index in [1.165, 1.54) is 12.1 Å². The smallest absolute Gasteiger partial charge is 0.345 e. The molecule has 0 aliphatic heterocycles. The summed E-state index contributed by atoms with van der Waals surface area (Å²) in [7, 11) is -3.89. The first-order valence-corrected chi connectivity index (χ1v) is 8.10. The number of nitrogens with zero attached hydrogens (tertiary/aromatic N) is 2. The molecule has 0 aromatic carbocycles. The first kappa shape index (κ1) is 15.6. The zero-order valence-electron chi connectivity index (χ0n) is 11.4. The van der Waals surface area contributed by atoms with E-state index in [9.17, 15) is 13.2 Å². The van der Waals surface area contributed by atoms with Crippen molar-refractivity contribution in [3.8, 4) is 0 Å². The maximum atomic E-state index is 12.3. The van der Waals surface area contributed by atoms with Gasteiger partial charge in [-0.15, -0.1) is 11.3 Å². The second-order valence-electron chi connectivity index (χ2n) is 4.80. The van der Waals surface area contributed by atoms with Crippen LogP contribution in [-0.4, -0.2) is 29.6 Å². The number of nitrogens with one attached hydrogen (secondary N) is 1. The largest absolute Gasteiger partial charge is 0.477 e. The fourth-order valence-electron chi connectivity index (χ4n) is 1.56. The Morgan fingerprint density at radius 2 is 2.10 bits per heavy atom. The second kappa shape index (κ2) is 5.20. The molecular formula is C11H13N3O5S2. The van der Waals surface area contributed by atoms with Gasteiger partial charge in [0.15, 0.2) is 5.82 Å². The van der Waals surface area contributed by atoms with E-state index in [-0.39, 0.29) is 15.0 Å². The molecule has 2 rings (SSSR count). The number of sulfonamides is 1.